The molecule has 0 aliphatic carbocycles. The Morgan fingerprint density at radius 3 is 2.50 bits per heavy atom. The highest BCUT2D eigenvalue weighted by atomic mass is 32.2. The molecule has 0 fully saturated rings. The van der Waals surface area contributed by atoms with Crippen molar-refractivity contribution in [3.63, 3.8) is 0 Å². The highest BCUT2D eigenvalue weighted by Gasteiger charge is 2.43. The molecule has 3 aromatic rings. The number of aryl methyl sites for hydroxylation is 1. The maximum Gasteiger partial charge on any atom is 0.264 e. The van der Waals surface area contributed by atoms with Gasteiger partial charge in [-0.2, -0.15) is 0 Å². The van der Waals surface area contributed by atoms with Crippen molar-refractivity contribution in [1.82, 2.24) is 15.0 Å². The molecule has 1 amide bonds. The molecule has 1 aromatic heterocycles. The van der Waals surface area contributed by atoms with Crippen LogP contribution < -0.4 is 15.8 Å². The van der Waals surface area contributed by atoms with Crippen LogP contribution in [-0.4, -0.2) is 47.2 Å². The van der Waals surface area contributed by atoms with E-state index < -0.39 is 31.9 Å². The average Bonchev–Trinajstić information content (AvgIpc) is 2.77. The lowest BCUT2D eigenvalue weighted by Gasteiger charge is -2.25. The molecule has 0 saturated carbocycles. The van der Waals surface area contributed by atoms with Crippen LogP contribution in [0.5, 0.6) is 5.75 Å². The molecular formula is C21H22FN3O6S. The number of rotatable bonds is 7. The number of carbonyl (C=O) groups is 1. The van der Waals surface area contributed by atoms with Crippen LogP contribution in [0.25, 0.3) is 22.0 Å². The number of methoxy groups -OCH3 is 1. The van der Waals surface area contributed by atoms with Gasteiger partial charge in [-0.05, 0) is 43.2 Å². The van der Waals surface area contributed by atoms with Gasteiger partial charge in [0.25, 0.3) is 11.5 Å². The summed E-state index contributed by atoms with van der Waals surface area (Å²) in [7, 11) is -2.40. The van der Waals surface area contributed by atoms with Crippen molar-refractivity contribution in [2.75, 3.05) is 13.4 Å². The van der Waals surface area contributed by atoms with Gasteiger partial charge in [-0.15, -0.1) is 0 Å². The number of carbonyl (C=O) groups excluding carboxylic acids is 1. The minimum Gasteiger partial charge on any atom is -0.497 e. The van der Waals surface area contributed by atoms with Gasteiger partial charge >= 0.3 is 0 Å². The molecule has 170 valence electrons. The number of hydroxylamine groups is 1. The molecule has 1 atom stereocenters. The van der Waals surface area contributed by atoms with Crippen LogP contribution in [0.4, 0.5) is 4.39 Å². The number of aromatic nitrogens is 2. The molecule has 0 saturated heterocycles. The zero-order chi connectivity index (χ0) is 23.7. The quantitative estimate of drug-likeness (QED) is 0.405. The zero-order valence-electron chi connectivity index (χ0n) is 17.6. The molecule has 0 unspecified atom stereocenters. The van der Waals surface area contributed by atoms with E-state index in [4.69, 9.17) is 9.94 Å². The standard InChI is InChI=1S/C21H22FN3O6S/c1-21(20(27)24-28,32(3,29)30)8-9-25-12-23-18-11-15(17(22)10-16(18)19(25)26)13-4-6-14(31-2)7-5-13/h4-7,10-12,28H,8-9H2,1-3H3,(H,24,27)/t21-/m1/s1. The third-order valence-corrected chi connectivity index (χ3v) is 7.57. The van der Waals surface area contributed by atoms with Crippen LogP contribution >= 0.6 is 0 Å². The van der Waals surface area contributed by atoms with Gasteiger partial charge in [-0.25, -0.2) is 23.3 Å². The predicted octanol–water partition coefficient (Wildman–Crippen LogP) is 1.91. The topological polar surface area (TPSA) is 128 Å². The maximum atomic E-state index is 14.8. The maximum absolute atomic E-state index is 14.8. The summed E-state index contributed by atoms with van der Waals surface area (Å²) >= 11 is 0. The van der Waals surface area contributed by atoms with E-state index >= 15 is 0 Å². The molecule has 11 heteroatoms. The van der Waals surface area contributed by atoms with Gasteiger partial charge in [0.15, 0.2) is 14.6 Å². The van der Waals surface area contributed by atoms with Gasteiger partial charge in [0, 0.05) is 18.4 Å². The summed E-state index contributed by atoms with van der Waals surface area (Å²) in [5, 5.41) is 8.92. The number of ether oxygens (including phenoxy) is 1. The van der Waals surface area contributed by atoms with Crippen LogP contribution in [0.3, 0.4) is 0 Å². The fourth-order valence-corrected chi connectivity index (χ4v) is 4.09. The van der Waals surface area contributed by atoms with E-state index in [-0.39, 0.29) is 29.4 Å². The van der Waals surface area contributed by atoms with E-state index in [2.05, 4.69) is 4.98 Å². The number of amides is 1. The van der Waals surface area contributed by atoms with Gasteiger partial charge in [-0.3, -0.25) is 19.4 Å². The van der Waals surface area contributed by atoms with E-state index in [1.54, 1.807) is 24.3 Å². The first-order valence-corrected chi connectivity index (χ1v) is 11.4. The smallest absolute Gasteiger partial charge is 0.264 e. The summed E-state index contributed by atoms with van der Waals surface area (Å²) in [6.45, 7) is 0.953. The summed E-state index contributed by atoms with van der Waals surface area (Å²) in [4.78, 5) is 29.0. The molecule has 2 aromatic carbocycles. The van der Waals surface area contributed by atoms with Gasteiger partial charge in [-0.1, -0.05) is 12.1 Å². The first kappa shape index (κ1) is 23.4. The van der Waals surface area contributed by atoms with Crippen molar-refractivity contribution >= 4 is 26.6 Å². The molecular weight excluding hydrogens is 441 g/mol. The Bertz CT molecular complexity index is 1340. The molecule has 0 aliphatic heterocycles. The van der Waals surface area contributed by atoms with Crippen molar-refractivity contribution in [3.05, 3.63) is 58.9 Å². The number of fused-ring (bicyclic) bond motifs is 1. The Morgan fingerprint density at radius 2 is 1.94 bits per heavy atom. The molecule has 3 rings (SSSR count). The van der Waals surface area contributed by atoms with Crippen molar-refractivity contribution in [3.8, 4) is 16.9 Å². The van der Waals surface area contributed by atoms with Gasteiger partial charge in [0.2, 0.25) is 0 Å². The van der Waals surface area contributed by atoms with E-state index in [0.29, 0.717) is 11.3 Å². The van der Waals surface area contributed by atoms with E-state index in [9.17, 15) is 22.4 Å². The molecule has 2 N–H and O–H groups in total. The highest BCUT2D eigenvalue weighted by Crippen LogP contribution is 2.28. The lowest BCUT2D eigenvalue weighted by molar-refractivity contribution is -0.131. The van der Waals surface area contributed by atoms with Gasteiger partial charge in [0.1, 0.15) is 11.6 Å². The minimum atomic E-state index is -3.93. The summed E-state index contributed by atoms with van der Waals surface area (Å²) < 4.78 is 43.2. The summed E-state index contributed by atoms with van der Waals surface area (Å²) in [5.74, 6) is -1.12. The average molecular weight is 463 g/mol. The number of sulfone groups is 1. The predicted molar refractivity (Wildman–Crippen MR) is 116 cm³/mol. The molecule has 0 radical (unpaired) electrons. The Kier molecular flexibility index (Phi) is 6.33. The van der Waals surface area contributed by atoms with E-state index in [0.717, 1.165) is 23.8 Å². The van der Waals surface area contributed by atoms with Crippen molar-refractivity contribution < 1.29 is 27.5 Å². The Hall–Kier alpha value is -3.31. The van der Waals surface area contributed by atoms with Crippen LogP contribution in [0.15, 0.2) is 47.5 Å². The number of hydrogen-bond acceptors (Lipinski definition) is 7. The lowest BCUT2D eigenvalue weighted by atomic mass is 10.0. The zero-order valence-corrected chi connectivity index (χ0v) is 18.4. The van der Waals surface area contributed by atoms with Crippen LogP contribution in [0, 0.1) is 5.82 Å². The second-order valence-electron chi connectivity index (χ2n) is 7.51. The molecule has 0 spiro atoms. The second kappa shape index (κ2) is 8.67. The third kappa shape index (κ3) is 4.21. The SMILES string of the molecule is COc1ccc(-c2cc3ncn(CC[C@](C)(C(=O)NO)S(C)(=O)=O)c(=O)c3cc2F)cc1. The second-order valence-corrected chi connectivity index (χ2v) is 9.96. The summed E-state index contributed by atoms with van der Waals surface area (Å²) in [6.07, 6.45) is 1.76. The lowest BCUT2D eigenvalue weighted by Crippen LogP contribution is -2.50. The highest BCUT2D eigenvalue weighted by molar-refractivity contribution is 7.92. The molecule has 32 heavy (non-hydrogen) atoms. The molecule has 0 aliphatic rings. The Labute approximate surface area is 183 Å². The van der Waals surface area contributed by atoms with E-state index in [1.807, 2.05) is 0 Å². The van der Waals surface area contributed by atoms with Crippen molar-refractivity contribution in [2.45, 2.75) is 24.6 Å². The summed E-state index contributed by atoms with van der Waals surface area (Å²) in [5.41, 5.74) is 1.86. The largest absolute Gasteiger partial charge is 0.497 e. The van der Waals surface area contributed by atoms with Crippen LogP contribution in [-0.2, 0) is 21.2 Å². The first-order chi connectivity index (χ1) is 15.0. The number of nitrogens with zero attached hydrogens (tertiary/aromatic N) is 2. The summed E-state index contributed by atoms with van der Waals surface area (Å²) in [6, 6.07) is 9.28. The number of hydrogen-bond donors (Lipinski definition) is 2. The fourth-order valence-electron chi connectivity index (χ4n) is 3.25. The van der Waals surface area contributed by atoms with Crippen molar-refractivity contribution in [2.24, 2.45) is 0 Å². The van der Waals surface area contributed by atoms with Crippen LogP contribution in [0.2, 0.25) is 0 Å². The normalized spacial score (nSPS) is 13.5. The van der Waals surface area contributed by atoms with Gasteiger partial charge < -0.3 is 4.74 Å². The fraction of sp³-hybridized carbons (Fsp3) is 0.286. The van der Waals surface area contributed by atoms with Crippen molar-refractivity contribution in [1.29, 1.82) is 0 Å². The minimum absolute atomic E-state index is 0.00919. The Morgan fingerprint density at radius 1 is 1.28 bits per heavy atom. The molecule has 9 nitrogen and oxygen atoms in total. The first-order valence-electron chi connectivity index (χ1n) is 9.49. The van der Waals surface area contributed by atoms with Gasteiger partial charge in [0.05, 0.1) is 24.3 Å². The molecule has 1 heterocycles. The number of nitrogens with one attached hydrogen (secondary N) is 1. The molecule has 0 bridgehead atoms. The van der Waals surface area contributed by atoms with Crippen LogP contribution in [0.1, 0.15) is 13.3 Å². The van der Waals surface area contributed by atoms with E-state index in [1.165, 1.54) is 25.0 Å². The monoisotopic (exact) mass is 463 g/mol. The number of halogens is 1. The Balaban J connectivity index is 1.98. The number of benzene rings is 2. The third-order valence-electron chi connectivity index (χ3n) is 5.54.